The van der Waals surface area contributed by atoms with Crippen LogP contribution in [0, 0.1) is 15.9 Å². The Hall–Kier alpha value is -1.75. The number of nitro benzene ring substituents is 1. The lowest BCUT2D eigenvalue weighted by Gasteiger charge is -1.99. The molecular weight excluding hydrogens is 237 g/mol. The standard InChI is InChI=1S/C10H7ClFNO3/c11-8-6-10(13(15)16)9(12)5-7(8)3-1-2-4-14/h1,3-6H,2H2. The zero-order valence-electron chi connectivity index (χ0n) is 8.02. The summed E-state index contributed by atoms with van der Waals surface area (Å²) < 4.78 is 13.2. The maximum atomic E-state index is 13.2. The van der Waals surface area contributed by atoms with Crippen molar-refractivity contribution in [2.45, 2.75) is 6.42 Å². The fourth-order valence-corrected chi connectivity index (χ4v) is 1.29. The Labute approximate surface area is 95.5 Å². The van der Waals surface area contributed by atoms with Gasteiger partial charge in [0.05, 0.1) is 9.95 Å². The number of carbonyl (C=O) groups is 1. The molecule has 0 saturated carbocycles. The van der Waals surface area contributed by atoms with Crippen LogP contribution in [0.25, 0.3) is 6.08 Å². The molecule has 0 aromatic heterocycles. The Morgan fingerprint density at radius 2 is 2.19 bits per heavy atom. The maximum absolute atomic E-state index is 13.2. The second kappa shape index (κ2) is 5.37. The summed E-state index contributed by atoms with van der Waals surface area (Å²) in [4.78, 5) is 19.6. The topological polar surface area (TPSA) is 60.2 Å². The average Bonchev–Trinajstić information content (AvgIpc) is 2.22. The lowest BCUT2D eigenvalue weighted by Crippen LogP contribution is -1.93. The summed E-state index contributed by atoms with van der Waals surface area (Å²) in [5.41, 5.74) is -0.371. The zero-order chi connectivity index (χ0) is 12.1. The maximum Gasteiger partial charge on any atom is 0.306 e. The van der Waals surface area contributed by atoms with Crippen LogP contribution in [0.4, 0.5) is 10.1 Å². The fourth-order valence-electron chi connectivity index (χ4n) is 1.07. The van der Waals surface area contributed by atoms with Crippen molar-refractivity contribution >= 4 is 29.7 Å². The molecule has 0 aliphatic carbocycles. The van der Waals surface area contributed by atoms with Crippen LogP contribution in [0.1, 0.15) is 12.0 Å². The predicted molar refractivity (Wildman–Crippen MR) is 57.8 cm³/mol. The molecule has 0 fully saturated rings. The number of halogens is 2. The molecule has 6 heteroatoms. The monoisotopic (exact) mass is 243 g/mol. The molecule has 0 heterocycles. The highest BCUT2D eigenvalue weighted by molar-refractivity contribution is 6.32. The highest BCUT2D eigenvalue weighted by atomic mass is 35.5. The second-order valence-electron chi connectivity index (χ2n) is 2.89. The van der Waals surface area contributed by atoms with Gasteiger partial charge >= 0.3 is 5.69 Å². The summed E-state index contributed by atoms with van der Waals surface area (Å²) in [7, 11) is 0. The van der Waals surface area contributed by atoms with E-state index in [0.29, 0.717) is 11.8 Å². The van der Waals surface area contributed by atoms with Gasteiger partial charge in [0.25, 0.3) is 0 Å². The molecule has 1 aromatic carbocycles. The van der Waals surface area contributed by atoms with Crippen LogP contribution >= 0.6 is 11.6 Å². The number of nitro groups is 1. The molecule has 0 amide bonds. The molecule has 0 bridgehead atoms. The smallest absolute Gasteiger partial charge is 0.303 e. The van der Waals surface area contributed by atoms with Gasteiger partial charge < -0.3 is 4.79 Å². The van der Waals surface area contributed by atoms with Gasteiger partial charge in [-0.3, -0.25) is 10.1 Å². The Bertz CT molecular complexity index is 460. The SMILES string of the molecule is O=CCC=Cc1cc(F)c([N+](=O)[O-])cc1Cl. The number of benzene rings is 1. The molecule has 0 unspecified atom stereocenters. The Morgan fingerprint density at radius 1 is 1.50 bits per heavy atom. The van der Waals surface area contributed by atoms with Gasteiger partial charge in [0.2, 0.25) is 5.82 Å². The largest absolute Gasteiger partial charge is 0.306 e. The first kappa shape index (κ1) is 12.3. The molecule has 0 N–H and O–H groups in total. The number of carbonyl (C=O) groups excluding carboxylic acids is 1. The van der Waals surface area contributed by atoms with Gasteiger partial charge in [-0.05, 0) is 11.6 Å². The first-order valence-electron chi connectivity index (χ1n) is 4.30. The van der Waals surface area contributed by atoms with Gasteiger partial charge in [-0.1, -0.05) is 23.8 Å². The van der Waals surface area contributed by atoms with Crippen LogP contribution in [-0.4, -0.2) is 11.2 Å². The Kier molecular flexibility index (Phi) is 4.13. The van der Waals surface area contributed by atoms with E-state index in [1.54, 1.807) is 0 Å². The molecule has 0 atom stereocenters. The minimum atomic E-state index is -0.958. The summed E-state index contributed by atoms with van der Waals surface area (Å²) in [5, 5.41) is 10.5. The second-order valence-corrected chi connectivity index (χ2v) is 3.29. The van der Waals surface area contributed by atoms with E-state index >= 15 is 0 Å². The van der Waals surface area contributed by atoms with Gasteiger partial charge in [0.15, 0.2) is 0 Å². The first-order valence-corrected chi connectivity index (χ1v) is 4.67. The van der Waals surface area contributed by atoms with Crippen LogP contribution in [0.2, 0.25) is 5.02 Å². The normalized spacial score (nSPS) is 10.6. The minimum absolute atomic E-state index is 0.0650. The number of allylic oxidation sites excluding steroid dienone is 1. The summed E-state index contributed by atoms with van der Waals surface area (Å²) >= 11 is 5.71. The third-order valence-corrected chi connectivity index (χ3v) is 2.12. The van der Waals surface area contributed by atoms with E-state index in [1.165, 1.54) is 12.2 Å². The van der Waals surface area contributed by atoms with E-state index in [1.807, 2.05) is 0 Å². The highest BCUT2D eigenvalue weighted by Crippen LogP contribution is 2.26. The lowest BCUT2D eigenvalue weighted by molar-refractivity contribution is -0.387. The molecule has 1 rings (SSSR count). The van der Waals surface area contributed by atoms with Crippen LogP contribution in [-0.2, 0) is 4.79 Å². The van der Waals surface area contributed by atoms with Crippen molar-refractivity contribution in [1.82, 2.24) is 0 Å². The van der Waals surface area contributed by atoms with Crippen LogP contribution < -0.4 is 0 Å². The van der Waals surface area contributed by atoms with Crippen molar-refractivity contribution in [3.63, 3.8) is 0 Å². The first-order chi connectivity index (χ1) is 7.56. The number of nitrogens with zero attached hydrogens (tertiary/aromatic N) is 1. The van der Waals surface area contributed by atoms with Gasteiger partial charge in [0.1, 0.15) is 6.29 Å². The van der Waals surface area contributed by atoms with E-state index in [-0.39, 0.29) is 11.4 Å². The van der Waals surface area contributed by atoms with E-state index < -0.39 is 16.4 Å². The lowest BCUT2D eigenvalue weighted by atomic mass is 10.1. The van der Waals surface area contributed by atoms with Crippen molar-refractivity contribution in [2.75, 3.05) is 0 Å². The van der Waals surface area contributed by atoms with E-state index in [4.69, 9.17) is 11.6 Å². The van der Waals surface area contributed by atoms with E-state index in [9.17, 15) is 19.3 Å². The van der Waals surface area contributed by atoms with Crippen molar-refractivity contribution < 1.29 is 14.1 Å². The van der Waals surface area contributed by atoms with Crippen LogP contribution in [0.15, 0.2) is 18.2 Å². The summed E-state index contributed by atoms with van der Waals surface area (Å²) in [6, 6.07) is 1.90. The zero-order valence-corrected chi connectivity index (χ0v) is 8.78. The molecule has 84 valence electrons. The van der Waals surface area contributed by atoms with E-state index in [0.717, 1.165) is 12.1 Å². The summed E-state index contributed by atoms with van der Waals surface area (Å²) in [6.07, 6.45) is 3.77. The van der Waals surface area contributed by atoms with Gasteiger partial charge in [-0.15, -0.1) is 0 Å². The number of aldehydes is 1. The number of hydrogen-bond acceptors (Lipinski definition) is 3. The fraction of sp³-hybridized carbons (Fsp3) is 0.100. The third kappa shape index (κ3) is 2.87. The summed E-state index contributed by atoms with van der Waals surface area (Å²) in [6.45, 7) is 0. The molecule has 0 spiro atoms. The number of hydrogen-bond donors (Lipinski definition) is 0. The van der Waals surface area contributed by atoms with Crippen molar-refractivity contribution in [2.24, 2.45) is 0 Å². The molecule has 4 nitrogen and oxygen atoms in total. The van der Waals surface area contributed by atoms with Crippen molar-refractivity contribution in [1.29, 1.82) is 0 Å². The molecule has 0 aliphatic heterocycles. The molecule has 1 aromatic rings. The van der Waals surface area contributed by atoms with E-state index in [2.05, 4.69) is 0 Å². The Morgan fingerprint density at radius 3 is 2.75 bits per heavy atom. The quantitative estimate of drug-likeness (QED) is 0.464. The van der Waals surface area contributed by atoms with Crippen LogP contribution in [0.5, 0.6) is 0 Å². The van der Waals surface area contributed by atoms with Crippen LogP contribution in [0.3, 0.4) is 0 Å². The molecule has 0 aliphatic rings. The number of rotatable bonds is 4. The van der Waals surface area contributed by atoms with Crippen molar-refractivity contribution in [3.05, 3.63) is 44.7 Å². The third-order valence-electron chi connectivity index (χ3n) is 1.79. The molecule has 0 radical (unpaired) electrons. The molecule has 16 heavy (non-hydrogen) atoms. The van der Waals surface area contributed by atoms with Gasteiger partial charge in [0, 0.05) is 12.5 Å². The van der Waals surface area contributed by atoms with Gasteiger partial charge in [-0.2, -0.15) is 4.39 Å². The summed E-state index contributed by atoms with van der Waals surface area (Å²) in [5.74, 6) is -0.958. The molecule has 0 saturated heterocycles. The average molecular weight is 244 g/mol. The Balaban J connectivity index is 3.10. The van der Waals surface area contributed by atoms with Gasteiger partial charge in [-0.25, -0.2) is 0 Å². The molecular formula is C10H7ClFNO3. The minimum Gasteiger partial charge on any atom is -0.303 e. The predicted octanol–water partition coefficient (Wildman–Crippen LogP) is 2.99. The van der Waals surface area contributed by atoms with Crippen molar-refractivity contribution in [3.8, 4) is 0 Å². The highest BCUT2D eigenvalue weighted by Gasteiger charge is 2.16.